The molecule has 0 aliphatic heterocycles. The van der Waals surface area contributed by atoms with Crippen molar-refractivity contribution in [2.24, 2.45) is 5.73 Å². The Balaban J connectivity index is 2.92. The minimum absolute atomic E-state index is 0.0209. The van der Waals surface area contributed by atoms with Crippen molar-refractivity contribution in [1.29, 1.82) is 0 Å². The lowest BCUT2D eigenvalue weighted by Gasteiger charge is -2.23. The smallest absolute Gasteiger partial charge is 0.253 e. The molecule has 0 spiro atoms. The number of carbonyl (C=O) groups excluding carboxylic acids is 1. The number of nitrogens with two attached hydrogens (primary N) is 1. The van der Waals surface area contributed by atoms with E-state index >= 15 is 0 Å². The van der Waals surface area contributed by atoms with Gasteiger partial charge in [-0.1, -0.05) is 17.7 Å². The van der Waals surface area contributed by atoms with Gasteiger partial charge in [-0.25, -0.2) is 0 Å². The molecule has 1 amide bonds. The van der Waals surface area contributed by atoms with Gasteiger partial charge in [0.1, 0.15) is 0 Å². The number of nitrogens with zero attached hydrogens (tertiary/aromatic N) is 1. The fraction of sp³-hybridized carbons (Fsp3) is 0.417. The topological polar surface area (TPSA) is 46.3 Å². The Morgan fingerprint density at radius 3 is 2.69 bits per heavy atom. The van der Waals surface area contributed by atoms with Crippen LogP contribution in [0, 0.1) is 6.92 Å². The third-order valence-corrected chi connectivity index (χ3v) is 3.15. The van der Waals surface area contributed by atoms with Crippen LogP contribution >= 0.6 is 11.6 Å². The van der Waals surface area contributed by atoms with E-state index < -0.39 is 0 Å². The number of likely N-dealkylation sites (N-methyl/N-ethyl adjacent to an activating group) is 1. The highest BCUT2D eigenvalue weighted by atomic mass is 35.5. The van der Waals surface area contributed by atoms with Crippen molar-refractivity contribution < 1.29 is 4.79 Å². The summed E-state index contributed by atoms with van der Waals surface area (Å²) in [7, 11) is 1.74. The average molecular weight is 241 g/mol. The molecule has 2 N–H and O–H groups in total. The molecule has 0 aliphatic rings. The molecule has 4 heteroatoms. The summed E-state index contributed by atoms with van der Waals surface area (Å²) in [6.07, 6.45) is 0. The summed E-state index contributed by atoms with van der Waals surface area (Å²) in [6, 6.07) is 5.34. The lowest BCUT2D eigenvalue weighted by atomic mass is 10.1. The lowest BCUT2D eigenvalue weighted by Crippen LogP contribution is -2.39. The molecule has 3 nitrogen and oxygen atoms in total. The third kappa shape index (κ3) is 2.74. The summed E-state index contributed by atoms with van der Waals surface area (Å²) in [5.41, 5.74) is 7.08. The van der Waals surface area contributed by atoms with E-state index in [2.05, 4.69) is 0 Å². The number of amides is 1. The van der Waals surface area contributed by atoms with Crippen LogP contribution in [0.4, 0.5) is 0 Å². The Bertz CT molecular complexity index is 393. The van der Waals surface area contributed by atoms with Gasteiger partial charge in [-0.15, -0.1) is 0 Å². The van der Waals surface area contributed by atoms with Gasteiger partial charge in [0.25, 0.3) is 5.91 Å². The number of carbonyl (C=O) groups is 1. The van der Waals surface area contributed by atoms with E-state index in [1.54, 1.807) is 24.1 Å². The minimum Gasteiger partial charge on any atom is -0.338 e. The van der Waals surface area contributed by atoms with Crippen molar-refractivity contribution in [3.05, 3.63) is 34.3 Å². The normalized spacial score (nSPS) is 12.3. The Kier molecular flexibility index (Phi) is 4.33. The largest absolute Gasteiger partial charge is 0.338 e. The average Bonchev–Trinajstić information content (AvgIpc) is 2.29. The van der Waals surface area contributed by atoms with Crippen LogP contribution in [0.15, 0.2) is 18.2 Å². The molecule has 16 heavy (non-hydrogen) atoms. The van der Waals surface area contributed by atoms with Crippen LogP contribution < -0.4 is 5.73 Å². The SMILES string of the molecule is Cc1ccc(C(=O)N(C)[C@@H](C)CN)cc1Cl. The molecular formula is C12H17ClN2O. The number of benzene rings is 1. The van der Waals surface area contributed by atoms with Gasteiger partial charge in [0, 0.05) is 30.2 Å². The Morgan fingerprint density at radius 1 is 1.56 bits per heavy atom. The van der Waals surface area contributed by atoms with Crippen LogP contribution in [0.1, 0.15) is 22.8 Å². The second kappa shape index (κ2) is 5.32. The van der Waals surface area contributed by atoms with Gasteiger partial charge in [-0.3, -0.25) is 4.79 Å². The zero-order valence-corrected chi connectivity index (χ0v) is 10.6. The van der Waals surface area contributed by atoms with E-state index in [0.29, 0.717) is 17.1 Å². The highest BCUT2D eigenvalue weighted by molar-refractivity contribution is 6.31. The molecule has 0 aromatic heterocycles. The second-order valence-electron chi connectivity index (χ2n) is 3.96. The fourth-order valence-electron chi connectivity index (χ4n) is 1.29. The summed E-state index contributed by atoms with van der Waals surface area (Å²) >= 11 is 5.98. The van der Waals surface area contributed by atoms with Gasteiger partial charge >= 0.3 is 0 Å². The van der Waals surface area contributed by atoms with Crippen molar-refractivity contribution >= 4 is 17.5 Å². The zero-order valence-electron chi connectivity index (χ0n) is 9.83. The Labute approximate surface area is 101 Å². The van der Waals surface area contributed by atoms with Gasteiger partial charge in [0.05, 0.1) is 0 Å². The summed E-state index contributed by atoms with van der Waals surface area (Å²) in [5.74, 6) is -0.0557. The third-order valence-electron chi connectivity index (χ3n) is 2.74. The Morgan fingerprint density at radius 2 is 2.19 bits per heavy atom. The number of halogens is 1. The molecular weight excluding hydrogens is 224 g/mol. The minimum atomic E-state index is -0.0557. The summed E-state index contributed by atoms with van der Waals surface area (Å²) < 4.78 is 0. The van der Waals surface area contributed by atoms with Crippen molar-refractivity contribution in [2.45, 2.75) is 19.9 Å². The van der Waals surface area contributed by atoms with Gasteiger partial charge < -0.3 is 10.6 Å². The van der Waals surface area contributed by atoms with E-state index in [-0.39, 0.29) is 11.9 Å². The molecule has 88 valence electrons. The molecule has 0 bridgehead atoms. The number of hydrogen-bond acceptors (Lipinski definition) is 2. The van der Waals surface area contributed by atoms with E-state index in [0.717, 1.165) is 5.56 Å². The monoisotopic (exact) mass is 240 g/mol. The molecule has 0 saturated carbocycles. The van der Waals surface area contributed by atoms with E-state index in [4.69, 9.17) is 17.3 Å². The van der Waals surface area contributed by atoms with Crippen LogP contribution in [0.2, 0.25) is 5.02 Å². The molecule has 0 aliphatic carbocycles. The van der Waals surface area contributed by atoms with Crippen molar-refractivity contribution in [1.82, 2.24) is 4.90 Å². The predicted molar refractivity (Wildman–Crippen MR) is 66.8 cm³/mol. The maximum absolute atomic E-state index is 12.0. The predicted octanol–water partition coefficient (Wildman–Crippen LogP) is 2.07. The zero-order chi connectivity index (χ0) is 12.3. The molecule has 1 aromatic rings. The summed E-state index contributed by atoms with van der Waals surface area (Å²) in [4.78, 5) is 13.6. The van der Waals surface area contributed by atoms with E-state index in [1.807, 2.05) is 19.9 Å². The maximum atomic E-state index is 12.0. The lowest BCUT2D eigenvalue weighted by molar-refractivity contribution is 0.0748. The maximum Gasteiger partial charge on any atom is 0.253 e. The molecule has 0 unspecified atom stereocenters. The van der Waals surface area contributed by atoms with Gasteiger partial charge in [0.2, 0.25) is 0 Å². The van der Waals surface area contributed by atoms with Crippen molar-refractivity contribution in [2.75, 3.05) is 13.6 Å². The standard InChI is InChI=1S/C12H17ClN2O/c1-8-4-5-10(6-11(8)13)12(16)15(3)9(2)7-14/h4-6,9H,7,14H2,1-3H3/t9-/m0/s1. The van der Waals surface area contributed by atoms with Gasteiger partial charge in [0.15, 0.2) is 0 Å². The molecule has 1 aromatic carbocycles. The van der Waals surface area contributed by atoms with Crippen molar-refractivity contribution in [3.63, 3.8) is 0 Å². The first-order valence-electron chi connectivity index (χ1n) is 5.20. The Hall–Kier alpha value is -1.06. The van der Waals surface area contributed by atoms with E-state index in [1.165, 1.54) is 0 Å². The second-order valence-corrected chi connectivity index (χ2v) is 4.37. The first kappa shape index (κ1) is 13.0. The molecule has 0 fully saturated rings. The molecule has 0 radical (unpaired) electrons. The summed E-state index contributed by atoms with van der Waals surface area (Å²) in [5, 5.41) is 0.611. The first-order valence-corrected chi connectivity index (χ1v) is 5.58. The first-order chi connectivity index (χ1) is 7.47. The molecule has 0 heterocycles. The number of hydrogen-bond donors (Lipinski definition) is 1. The number of aryl methyl sites for hydroxylation is 1. The van der Waals surface area contributed by atoms with Crippen LogP contribution in [0.25, 0.3) is 0 Å². The number of rotatable bonds is 3. The van der Waals surface area contributed by atoms with Crippen LogP contribution in [-0.4, -0.2) is 30.4 Å². The quantitative estimate of drug-likeness (QED) is 0.879. The van der Waals surface area contributed by atoms with Crippen molar-refractivity contribution in [3.8, 4) is 0 Å². The fourth-order valence-corrected chi connectivity index (χ4v) is 1.47. The van der Waals surface area contributed by atoms with Crippen LogP contribution in [0.5, 0.6) is 0 Å². The highest BCUT2D eigenvalue weighted by Gasteiger charge is 2.16. The highest BCUT2D eigenvalue weighted by Crippen LogP contribution is 2.18. The van der Waals surface area contributed by atoms with E-state index in [9.17, 15) is 4.79 Å². The van der Waals surface area contributed by atoms with Crippen LogP contribution in [-0.2, 0) is 0 Å². The van der Waals surface area contributed by atoms with Gasteiger partial charge in [-0.2, -0.15) is 0 Å². The molecule has 0 saturated heterocycles. The van der Waals surface area contributed by atoms with Gasteiger partial charge in [-0.05, 0) is 31.5 Å². The van der Waals surface area contributed by atoms with Crippen LogP contribution in [0.3, 0.4) is 0 Å². The molecule has 1 atom stereocenters. The summed E-state index contributed by atoms with van der Waals surface area (Å²) in [6.45, 7) is 4.26. The molecule has 1 rings (SSSR count).